The molecule has 1 heterocycles. The van der Waals surface area contributed by atoms with E-state index in [2.05, 4.69) is 5.32 Å². The van der Waals surface area contributed by atoms with Crippen LogP contribution in [0.25, 0.3) is 6.08 Å². The molecular formula is C21H16ClN2O6-. The average molecular weight is 428 g/mol. The summed E-state index contributed by atoms with van der Waals surface area (Å²) in [6.45, 7) is 1.31. The van der Waals surface area contributed by atoms with Gasteiger partial charge in [0.1, 0.15) is 17.9 Å². The van der Waals surface area contributed by atoms with Gasteiger partial charge >= 0.3 is 6.03 Å². The minimum absolute atomic E-state index is 0.0809. The van der Waals surface area contributed by atoms with Gasteiger partial charge in [-0.3, -0.25) is 14.9 Å². The fourth-order valence-corrected chi connectivity index (χ4v) is 3.04. The molecule has 4 amide bonds. The molecule has 8 nitrogen and oxygen atoms in total. The summed E-state index contributed by atoms with van der Waals surface area (Å²) in [6.07, 6.45) is 2.08. The summed E-state index contributed by atoms with van der Waals surface area (Å²) in [7, 11) is 0. The summed E-state index contributed by atoms with van der Waals surface area (Å²) < 4.78 is 4.98. The molecule has 0 unspecified atom stereocenters. The highest BCUT2D eigenvalue weighted by atomic mass is 35.5. The molecular weight excluding hydrogens is 412 g/mol. The van der Waals surface area contributed by atoms with Gasteiger partial charge in [-0.2, -0.15) is 0 Å². The number of barbiturate groups is 1. The number of anilines is 1. The Balaban J connectivity index is 1.90. The smallest absolute Gasteiger partial charge is 0.335 e. The second-order valence-corrected chi connectivity index (χ2v) is 6.74. The van der Waals surface area contributed by atoms with E-state index in [9.17, 15) is 24.3 Å². The van der Waals surface area contributed by atoms with Crippen molar-refractivity contribution < 1.29 is 29.0 Å². The zero-order valence-electron chi connectivity index (χ0n) is 15.8. The number of carboxylic acids is 1. The van der Waals surface area contributed by atoms with Crippen molar-refractivity contribution >= 4 is 47.2 Å². The molecule has 0 saturated carbocycles. The predicted molar refractivity (Wildman–Crippen MR) is 107 cm³/mol. The Morgan fingerprint density at radius 1 is 1.17 bits per heavy atom. The Hall–Kier alpha value is -3.65. The summed E-state index contributed by atoms with van der Waals surface area (Å²) in [6, 6.07) is 10.3. The van der Waals surface area contributed by atoms with Crippen LogP contribution in [0.5, 0.6) is 5.75 Å². The van der Waals surface area contributed by atoms with Crippen molar-refractivity contribution in [3.05, 3.63) is 64.2 Å². The van der Waals surface area contributed by atoms with Gasteiger partial charge in [0.05, 0.1) is 16.7 Å². The molecule has 0 bridgehead atoms. The zero-order chi connectivity index (χ0) is 21.8. The van der Waals surface area contributed by atoms with Crippen molar-refractivity contribution in [3.8, 4) is 5.75 Å². The number of ether oxygens (including phenoxy) is 1. The molecule has 1 aliphatic heterocycles. The molecule has 30 heavy (non-hydrogen) atoms. The number of carbonyl (C=O) groups is 4. The number of imide groups is 2. The third-order valence-electron chi connectivity index (χ3n) is 4.32. The maximum Gasteiger partial charge on any atom is 0.335 e. The third kappa shape index (κ3) is 4.49. The van der Waals surface area contributed by atoms with Crippen LogP contribution in [0.3, 0.4) is 0 Å². The highest BCUT2D eigenvalue weighted by Crippen LogP contribution is 2.28. The van der Waals surface area contributed by atoms with Crippen LogP contribution in [0.2, 0.25) is 5.02 Å². The molecule has 0 radical (unpaired) electrons. The molecule has 1 fully saturated rings. The van der Waals surface area contributed by atoms with Crippen molar-refractivity contribution in [2.45, 2.75) is 13.3 Å². The number of aliphatic carboxylic acids is 1. The number of nitrogens with zero attached hydrogens (tertiary/aromatic N) is 1. The molecule has 1 saturated heterocycles. The number of halogens is 1. The van der Waals surface area contributed by atoms with Gasteiger partial charge < -0.3 is 14.6 Å². The summed E-state index contributed by atoms with van der Waals surface area (Å²) >= 11 is 6.06. The highest BCUT2D eigenvalue weighted by Gasteiger charge is 2.36. The fraction of sp³-hybridized carbons (Fsp3) is 0.143. The van der Waals surface area contributed by atoms with Gasteiger partial charge in [-0.15, -0.1) is 0 Å². The molecule has 1 aliphatic rings. The Labute approximate surface area is 176 Å². The molecule has 0 aromatic heterocycles. The molecule has 1 N–H and O–H groups in total. The molecule has 154 valence electrons. The molecule has 0 spiro atoms. The first-order valence-electron chi connectivity index (χ1n) is 8.92. The lowest BCUT2D eigenvalue weighted by Crippen LogP contribution is -2.54. The Morgan fingerprint density at radius 2 is 1.87 bits per heavy atom. The minimum Gasteiger partial charge on any atom is -0.546 e. The van der Waals surface area contributed by atoms with E-state index in [4.69, 9.17) is 16.3 Å². The van der Waals surface area contributed by atoms with Crippen LogP contribution in [0.15, 0.2) is 48.0 Å². The van der Waals surface area contributed by atoms with Crippen LogP contribution in [0.4, 0.5) is 10.5 Å². The SMILES string of the molecule is CCc1ccc(N2C(=O)NC(=O)/C(=C/c3ccc(OCC(=O)[O-])c(Cl)c3)C2=O)cc1. The van der Waals surface area contributed by atoms with Gasteiger partial charge in [-0.1, -0.05) is 36.7 Å². The molecule has 2 aromatic rings. The monoisotopic (exact) mass is 427 g/mol. The minimum atomic E-state index is -1.40. The van der Waals surface area contributed by atoms with Crippen LogP contribution in [-0.4, -0.2) is 30.4 Å². The van der Waals surface area contributed by atoms with Crippen molar-refractivity contribution in [2.75, 3.05) is 11.5 Å². The molecule has 0 aliphatic carbocycles. The topological polar surface area (TPSA) is 116 Å². The number of hydrogen-bond acceptors (Lipinski definition) is 6. The van der Waals surface area contributed by atoms with Crippen LogP contribution in [0, 0.1) is 0 Å². The maximum absolute atomic E-state index is 12.9. The van der Waals surface area contributed by atoms with Gasteiger partial charge in [0.15, 0.2) is 0 Å². The lowest BCUT2D eigenvalue weighted by atomic mass is 10.1. The third-order valence-corrected chi connectivity index (χ3v) is 4.61. The number of hydrogen-bond donors (Lipinski definition) is 1. The molecule has 2 aromatic carbocycles. The van der Waals surface area contributed by atoms with E-state index in [0.29, 0.717) is 11.3 Å². The van der Waals surface area contributed by atoms with Crippen LogP contribution >= 0.6 is 11.6 Å². The number of rotatable bonds is 6. The van der Waals surface area contributed by atoms with E-state index >= 15 is 0 Å². The second kappa shape index (κ2) is 8.79. The first-order chi connectivity index (χ1) is 14.3. The number of amides is 4. The fourth-order valence-electron chi connectivity index (χ4n) is 2.80. The quantitative estimate of drug-likeness (QED) is 0.554. The first kappa shape index (κ1) is 21.1. The van der Waals surface area contributed by atoms with Crippen LogP contribution in [-0.2, 0) is 20.8 Å². The number of benzene rings is 2. The highest BCUT2D eigenvalue weighted by molar-refractivity contribution is 6.39. The zero-order valence-corrected chi connectivity index (χ0v) is 16.6. The Kier molecular flexibility index (Phi) is 6.17. The number of aryl methyl sites for hydroxylation is 1. The molecule has 9 heteroatoms. The van der Waals surface area contributed by atoms with Crippen molar-refractivity contribution in [2.24, 2.45) is 0 Å². The van der Waals surface area contributed by atoms with E-state index < -0.39 is 30.4 Å². The van der Waals surface area contributed by atoms with Gasteiger partial charge in [-0.05, 0) is 47.9 Å². The van der Waals surface area contributed by atoms with E-state index in [1.165, 1.54) is 24.3 Å². The van der Waals surface area contributed by atoms with Gasteiger partial charge in [0, 0.05) is 0 Å². The van der Waals surface area contributed by atoms with E-state index in [-0.39, 0.29) is 16.3 Å². The van der Waals surface area contributed by atoms with Crippen molar-refractivity contribution in [1.82, 2.24) is 5.32 Å². The normalized spacial score (nSPS) is 15.3. The number of carbonyl (C=O) groups excluding carboxylic acids is 4. The largest absolute Gasteiger partial charge is 0.546 e. The van der Waals surface area contributed by atoms with Gasteiger partial charge in [-0.25, -0.2) is 9.69 Å². The summed E-state index contributed by atoms with van der Waals surface area (Å²) in [5.74, 6) is -2.91. The van der Waals surface area contributed by atoms with Crippen molar-refractivity contribution in [1.29, 1.82) is 0 Å². The lowest BCUT2D eigenvalue weighted by Gasteiger charge is -2.26. The van der Waals surface area contributed by atoms with Crippen molar-refractivity contribution in [3.63, 3.8) is 0 Å². The Bertz CT molecular complexity index is 1060. The van der Waals surface area contributed by atoms with Gasteiger partial charge in [0.2, 0.25) is 0 Å². The Morgan fingerprint density at radius 3 is 2.47 bits per heavy atom. The standard InChI is InChI=1S/C21H17ClN2O6/c1-2-12-3-6-14(7-4-12)24-20(28)15(19(27)23-21(24)29)9-13-5-8-17(16(22)10-13)30-11-18(25)26/h3-10H,2,11H2,1H3,(H,25,26)(H,23,27,29)/p-1/b15-9-. The maximum atomic E-state index is 12.9. The van der Waals surface area contributed by atoms with Gasteiger partial charge in [0.25, 0.3) is 11.8 Å². The van der Waals surface area contributed by atoms with E-state index in [1.807, 2.05) is 6.92 Å². The predicted octanol–water partition coefficient (Wildman–Crippen LogP) is 1.70. The number of urea groups is 1. The summed E-state index contributed by atoms with van der Waals surface area (Å²) in [5, 5.41) is 12.7. The summed E-state index contributed by atoms with van der Waals surface area (Å²) in [4.78, 5) is 48.8. The van der Waals surface area contributed by atoms with Crippen LogP contribution in [0.1, 0.15) is 18.1 Å². The molecule has 0 atom stereocenters. The van der Waals surface area contributed by atoms with E-state index in [0.717, 1.165) is 16.9 Å². The first-order valence-corrected chi connectivity index (χ1v) is 9.30. The lowest BCUT2D eigenvalue weighted by molar-refractivity contribution is -0.307. The average Bonchev–Trinajstić information content (AvgIpc) is 2.70. The summed E-state index contributed by atoms with van der Waals surface area (Å²) in [5.41, 5.74) is 1.49. The van der Waals surface area contributed by atoms with Crippen LogP contribution < -0.4 is 20.1 Å². The number of nitrogens with one attached hydrogen (secondary N) is 1. The second-order valence-electron chi connectivity index (χ2n) is 6.33. The van der Waals surface area contributed by atoms with E-state index in [1.54, 1.807) is 24.3 Å². The number of carboxylic acid groups (broad SMARTS) is 1. The molecule has 3 rings (SSSR count).